The van der Waals surface area contributed by atoms with E-state index in [-0.39, 0.29) is 5.09 Å². The van der Waals surface area contributed by atoms with E-state index in [9.17, 15) is 13.5 Å². The lowest BCUT2D eigenvalue weighted by molar-refractivity contribution is 0.000395. The summed E-state index contributed by atoms with van der Waals surface area (Å²) in [5, 5.41) is 13.9. The van der Waals surface area contributed by atoms with Crippen LogP contribution in [0.15, 0.2) is 34.0 Å². The van der Waals surface area contributed by atoms with Crippen molar-refractivity contribution in [2.75, 3.05) is 0 Å². The molecular formula is C13H17N3O4S. The average molecular weight is 311 g/mol. The molecule has 0 saturated heterocycles. The number of aromatic nitrogens is 2. The fourth-order valence-electron chi connectivity index (χ4n) is 2.50. The zero-order chi connectivity index (χ0) is 15.2. The predicted molar refractivity (Wildman–Crippen MR) is 74.2 cm³/mol. The van der Waals surface area contributed by atoms with E-state index < -0.39 is 28.2 Å². The van der Waals surface area contributed by atoms with Crippen molar-refractivity contribution in [2.45, 2.75) is 43.5 Å². The second kappa shape index (κ2) is 4.97. The normalized spacial score (nSPS) is 25.8. The summed E-state index contributed by atoms with van der Waals surface area (Å²) in [4.78, 5) is 0. The minimum atomic E-state index is -3.73. The van der Waals surface area contributed by atoms with E-state index >= 15 is 0 Å². The van der Waals surface area contributed by atoms with Crippen LogP contribution in [0, 0.1) is 13.8 Å². The zero-order valence-electron chi connectivity index (χ0n) is 11.7. The van der Waals surface area contributed by atoms with Crippen LogP contribution in [-0.2, 0) is 10.0 Å². The molecule has 0 unspecified atom stereocenters. The van der Waals surface area contributed by atoms with Crippen molar-refractivity contribution in [3.8, 4) is 0 Å². The monoisotopic (exact) mass is 311 g/mol. The molecule has 2 heterocycles. The highest BCUT2D eigenvalue weighted by atomic mass is 32.2. The number of aliphatic hydroxyl groups is 1. The summed E-state index contributed by atoms with van der Waals surface area (Å²) < 4.78 is 33.8. The van der Waals surface area contributed by atoms with Crippen LogP contribution in [0.1, 0.15) is 23.8 Å². The molecule has 8 heteroatoms. The number of hydrogen-bond donors (Lipinski definition) is 2. The number of furan rings is 1. The summed E-state index contributed by atoms with van der Waals surface area (Å²) in [7, 11) is -3.73. The van der Waals surface area contributed by atoms with Gasteiger partial charge in [0, 0.05) is 12.2 Å². The Bertz CT molecular complexity index is 749. The Balaban J connectivity index is 1.79. The third-order valence-corrected chi connectivity index (χ3v) is 4.99. The second-order valence-electron chi connectivity index (χ2n) is 5.38. The summed E-state index contributed by atoms with van der Waals surface area (Å²) in [6.07, 6.45) is 3.19. The number of nitrogens with one attached hydrogen (secondary N) is 1. The topological polar surface area (TPSA) is 97.4 Å². The molecule has 0 radical (unpaired) electrons. The van der Waals surface area contributed by atoms with Crippen LogP contribution in [-0.4, -0.2) is 35.5 Å². The van der Waals surface area contributed by atoms with Gasteiger partial charge in [-0.1, -0.05) is 0 Å². The fraction of sp³-hybridized carbons (Fsp3) is 0.462. The zero-order valence-corrected chi connectivity index (χ0v) is 12.5. The predicted octanol–water partition coefficient (Wildman–Crippen LogP) is 0.746. The minimum absolute atomic E-state index is 0.114. The summed E-state index contributed by atoms with van der Waals surface area (Å²) in [6, 6.07) is 2.21. The number of nitrogens with zero attached hydrogens (tertiary/aromatic N) is 2. The van der Waals surface area contributed by atoms with E-state index in [0.717, 1.165) is 5.56 Å². The Labute approximate surface area is 122 Å². The molecule has 0 spiro atoms. The van der Waals surface area contributed by atoms with Crippen molar-refractivity contribution in [1.29, 1.82) is 0 Å². The molecule has 0 aromatic carbocycles. The summed E-state index contributed by atoms with van der Waals surface area (Å²) in [5.74, 6) is 0.531. The van der Waals surface area contributed by atoms with Gasteiger partial charge in [-0.3, -0.25) is 4.68 Å². The molecule has 0 bridgehead atoms. The van der Waals surface area contributed by atoms with Crippen molar-refractivity contribution in [3.05, 3.63) is 35.9 Å². The number of rotatable bonds is 4. The first-order valence-corrected chi connectivity index (χ1v) is 8.13. The molecule has 0 aliphatic heterocycles. The number of sulfonamides is 1. The molecular weight excluding hydrogens is 294 g/mol. The van der Waals surface area contributed by atoms with Crippen molar-refractivity contribution < 1.29 is 17.9 Å². The van der Waals surface area contributed by atoms with E-state index in [0.29, 0.717) is 12.2 Å². The van der Waals surface area contributed by atoms with Crippen molar-refractivity contribution >= 4 is 10.0 Å². The Morgan fingerprint density at radius 3 is 2.71 bits per heavy atom. The van der Waals surface area contributed by atoms with E-state index in [1.54, 1.807) is 30.1 Å². The lowest BCUT2D eigenvalue weighted by Crippen LogP contribution is -2.55. The van der Waals surface area contributed by atoms with Gasteiger partial charge in [0.1, 0.15) is 5.76 Å². The van der Waals surface area contributed by atoms with Crippen LogP contribution in [0.2, 0.25) is 0 Å². The molecule has 2 N–H and O–H groups in total. The molecule has 7 nitrogen and oxygen atoms in total. The largest absolute Gasteiger partial charge is 0.449 e. The van der Waals surface area contributed by atoms with Gasteiger partial charge in [0.05, 0.1) is 18.3 Å². The Morgan fingerprint density at radius 1 is 1.43 bits per heavy atom. The van der Waals surface area contributed by atoms with Crippen LogP contribution in [0.3, 0.4) is 0 Å². The van der Waals surface area contributed by atoms with Crippen LogP contribution in [0.25, 0.3) is 0 Å². The molecule has 0 amide bonds. The first-order valence-electron chi connectivity index (χ1n) is 6.64. The average Bonchev–Trinajstić information content (AvgIpc) is 2.98. The maximum atomic E-state index is 12.2. The highest BCUT2D eigenvalue weighted by molar-refractivity contribution is 7.89. The SMILES string of the molecule is Cc1cnn([C@H]2[C@H](O)C[C@@H]2NS(=O)(=O)c2ccc(C)o2)c1. The Hall–Kier alpha value is -1.64. The standard InChI is InChI=1S/C13H17N3O4S/c1-8-6-14-16(7-8)13-10(5-11(13)17)15-21(18,19)12-4-3-9(2)20-12/h3-4,6-7,10-11,13,15,17H,5H2,1-2H3/t10-,11+,13+/m0/s1. The van der Waals surface area contributed by atoms with Crippen molar-refractivity contribution in [3.63, 3.8) is 0 Å². The van der Waals surface area contributed by atoms with Crippen molar-refractivity contribution in [2.24, 2.45) is 0 Å². The van der Waals surface area contributed by atoms with Gasteiger partial charge in [-0.05, 0) is 38.0 Å². The first-order chi connectivity index (χ1) is 9.87. The Morgan fingerprint density at radius 2 is 2.19 bits per heavy atom. The fourth-order valence-corrected chi connectivity index (χ4v) is 3.74. The van der Waals surface area contributed by atoms with Gasteiger partial charge in [-0.2, -0.15) is 5.10 Å². The van der Waals surface area contributed by atoms with Gasteiger partial charge in [0.25, 0.3) is 10.0 Å². The van der Waals surface area contributed by atoms with Crippen LogP contribution >= 0.6 is 0 Å². The van der Waals surface area contributed by atoms with Gasteiger partial charge in [0.15, 0.2) is 0 Å². The summed E-state index contributed by atoms with van der Waals surface area (Å²) in [6.45, 7) is 3.57. The minimum Gasteiger partial charge on any atom is -0.449 e. The lowest BCUT2D eigenvalue weighted by Gasteiger charge is -2.41. The van der Waals surface area contributed by atoms with Crippen LogP contribution in [0.4, 0.5) is 0 Å². The molecule has 21 heavy (non-hydrogen) atoms. The molecule has 2 aromatic heterocycles. The van der Waals surface area contributed by atoms with Gasteiger partial charge in [-0.15, -0.1) is 0 Å². The third-order valence-electron chi connectivity index (χ3n) is 3.63. The lowest BCUT2D eigenvalue weighted by atomic mass is 9.84. The highest BCUT2D eigenvalue weighted by Crippen LogP contribution is 2.33. The molecule has 1 saturated carbocycles. The molecule has 3 atom stereocenters. The molecule has 3 rings (SSSR count). The molecule has 1 aliphatic carbocycles. The van der Waals surface area contributed by atoms with Gasteiger partial charge in [-0.25, -0.2) is 13.1 Å². The molecule has 2 aromatic rings. The molecule has 1 aliphatic rings. The summed E-state index contributed by atoms with van der Waals surface area (Å²) in [5.41, 5.74) is 0.956. The van der Waals surface area contributed by atoms with Gasteiger partial charge in [0.2, 0.25) is 5.09 Å². The van der Waals surface area contributed by atoms with Crippen molar-refractivity contribution in [1.82, 2.24) is 14.5 Å². The second-order valence-corrected chi connectivity index (χ2v) is 7.03. The number of hydrogen-bond acceptors (Lipinski definition) is 5. The molecule has 114 valence electrons. The number of aryl methyl sites for hydroxylation is 2. The maximum absolute atomic E-state index is 12.2. The smallest absolute Gasteiger partial charge is 0.274 e. The van der Waals surface area contributed by atoms with E-state index in [1.165, 1.54) is 6.07 Å². The van der Waals surface area contributed by atoms with Gasteiger partial charge < -0.3 is 9.52 Å². The van der Waals surface area contributed by atoms with Gasteiger partial charge >= 0.3 is 0 Å². The van der Waals surface area contributed by atoms with Crippen LogP contribution in [0.5, 0.6) is 0 Å². The van der Waals surface area contributed by atoms with E-state index in [1.807, 2.05) is 6.92 Å². The van der Waals surface area contributed by atoms with Crippen LogP contribution < -0.4 is 4.72 Å². The van der Waals surface area contributed by atoms with E-state index in [2.05, 4.69) is 9.82 Å². The first kappa shape index (κ1) is 14.3. The number of aliphatic hydroxyl groups excluding tert-OH is 1. The Kier molecular flexibility index (Phi) is 3.39. The quantitative estimate of drug-likeness (QED) is 0.868. The summed E-state index contributed by atoms with van der Waals surface area (Å²) >= 11 is 0. The molecule has 1 fully saturated rings. The third kappa shape index (κ3) is 2.61. The van der Waals surface area contributed by atoms with E-state index in [4.69, 9.17) is 4.42 Å². The highest BCUT2D eigenvalue weighted by Gasteiger charge is 2.44. The maximum Gasteiger partial charge on any atom is 0.274 e.